The summed E-state index contributed by atoms with van der Waals surface area (Å²) in [6.45, 7) is 2.02. The fraction of sp³-hybridized carbons (Fsp3) is 0.476. The van der Waals surface area contributed by atoms with Crippen molar-refractivity contribution < 1.29 is 19.4 Å². The number of carbonyl (C=O) groups is 1. The predicted molar refractivity (Wildman–Crippen MR) is 104 cm³/mol. The van der Waals surface area contributed by atoms with Gasteiger partial charge in [-0.15, -0.1) is 0 Å². The van der Waals surface area contributed by atoms with E-state index in [0.29, 0.717) is 18.4 Å². The first-order chi connectivity index (χ1) is 13.4. The summed E-state index contributed by atoms with van der Waals surface area (Å²) < 4.78 is 11.2. The lowest BCUT2D eigenvalue weighted by Crippen LogP contribution is -2.47. The zero-order chi connectivity index (χ0) is 20.3. The van der Waals surface area contributed by atoms with Crippen LogP contribution in [-0.4, -0.2) is 16.7 Å². The van der Waals surface area contributed by atoms with Crippen LogP contribution in [0.25, 0.3) is 0 Å². The molecule has 1 saturated carbocycles. The first-order valence-electron chi connectivity index (χ1n) is 9.52. The average molecular weight is 399 g/mol. The molecule has 2 atom stereocenters. The Morgan fingerprint density at radius 3 is 2.43 bits per heavy atom. The Balaban J connectivity index is 2.06. The van der Waals surface area contributed by atoms with Crippen molar-refractivity contribution in [3.05, 3.63) is 46.9 Å². The van der Waals surface area contributed by atoms with Crippen LogP contribution in [0.5, 0.6) is 0 Å². The Kier molecular flexibility index (Phi) is 5.90. The molecule has 1 aliphatic carbocycles. The Morgan fingerprint density at radius 1 is 1.29 bits per heavy atom. The molecular weight excluding hydrogens is 376 g/mol. The van der Waals surface area contributed by atoms with Gasteiger partial charge < -0.3 is 20.3 Å². The summed E-state index contributed by atoms with van der Waals surface area (Å²) in [4.78, 5) is 12.8. The third kappa shape index (κ3) is 3.83. The maximum atomic E-state index is 12.9. The van der Waals surface area contributed by atoms with Crippen LogP contribution in [0.4, 0.5) is 0 Å². The molecule has 0 bridgehead atoms. The number of thiocarbonyl (C=S) groups is 1. The van der Waals surface area contributed by atoms with Crippen molar-refractivity contribution in [2.45, 2.75) is 57.2 Å². The van der Waals surface area contributed by atoms with Gasteiger partial charge in [-0.25, -0.2) is 4.79 Å². The van der Waals surface area contributed by atoms with Crippen LogP contribution in [0.3, 0.4) is 0 Å². The van der Waals surface area contributed by atoms with E-state index in [1.807, 2.05) is 25.1 Å². The predicted octanol–water partition coefficient (Wildman–Crippen LogP) is 2.56. The van der Waals surface area contributed by atoms with E-state index in [-0.39, 0.29) is 10.6 Å². The second-order valence-electron chi connectivity index (χ2n) is 7.25. The first-order valence-corrected chi connectivity index (χ1v) is 9.93. The number of nitrogens with zero attached hydrogens (tertiary/aromatic N) is 1. The molecule has 0 amide bonds. The van der Waals surface area contributed by atoms with Crippen molar-refractivity contribution in [2.24, 2.45) is 11.7 Å². The van der Waals surface area contributed by atoms with Crippen LogP contribution >= 0.6 is 12.2 Å². The van der Waals surface area contributed by atoms with E-state index >= 15 is 0 Å². The van der Waals surface area contributed by atoms with Gasteiger partial charge in [0.05, 0.1) is 22.6 Å². The number of aryl methyl sites for hydroxylation is 1. The largest absolute Gasteiger partial charge is 0.574 e. The summed E-state index contributed by atoms with van der Waals surface area (Å²) in [5.74, 6) is -4.65. The highest BCUT2D eigenvalue weighted by Crippen LogP contribution is 2.43. The highest BCUT2D eigenvalue weighted by molar-refractivity contribution is 7.80. The molecule has 2 unspecified atom stereocenters. The molecule has 1 fully saturated rings. The molecule has 1 aliphatic heterocycles. The normalized spacial score (nSPS) is 20.6. The summed E-state index contributed by atoms with van der Waals surface area (Å²) in [6.07, 6.45) is 4.48. The second-order valence-corrected chi connectivity index (χ2v) is 7.72. The van der Waals surface area contributed by atoms with Crippen molar-refractivity contribution in [1.29, 1.82) is 5.26 Å². The Labute approximate surface area is 169 Å². The van der Waals surface area contributed by atoms with Gasteiger partial charge in [0.25, 0.3) is 0 Å². The average Bonchev–Trinajstić information content (AvgIpc) is 2.67. The van der Waals surface area contributed by atoms with Gasteiger partial charge in [0.2, 0.25) is 0 Å². The number of esters is 1. The van der Waals surface area contributed by atoms with Crippen LogP contribution in [-0.2, 0) is 20.7 Å². The number of nitrogens with two attached hydrogens (primary N) is 1. The van der Waals surface area contributed by atoms with Crippen molar-refractivity contribution in [3.63, 3.8) is 0 Å². The summed E-state index contributed by atoms with van der Waals surface area (Å²) in [6, 6.07) is 9.38. The van der Waals surface area contributed by atoms with Crippen molar-refractivity contribution in [1.82, 2.24) is 0 Å². The number of hydrogen-bond donors (Lipinski definition) is 1. The molecule has 0 aromatic heterocycles. The lowest BCUT2D eigenvalue weighted by Gasteiger charge is -2.47. The maximum absolute atomic E-state index is 12.9. The first kappa shape index (κ1) is 20.2. The van der Waals surface area contributed by atoms with E-state index in [4.69, 9.17) is 27.4 Å². The van der Waals surface area contributed by atoms with Gasteiger partial charge >= 0.3 is 5.97 Å². The summed E-state index contributed by atoms with van der Waals surface area (Å²) in [5, 5.41) is 22.5. The Hall–Kier alpha value is -2.59. The van der Waals surface area contributed by atoms with Gasteiger partial charge in [-0.2, -0.15) is 5.26 Å². The molecule has 2 N–H and O–H groups in total. The molecule has 1 aromatic carbocycles. The minimum atomic E-state index is -1.18. The highest BCUT2D eigenvalue weighted by Gasteiger charge is 2.43. The monoisotopic (exact) mass is 399 g/mol. The zero-order valence-electron chi connectivity index (χ0n) is 15.8. The Morgan fingerprint density at radius 2 is 1.93 bits per heavy atom. The van der Waals surface area contributed by atoms with E-state index in [1.165, 1.54) is 0 Å². The molecule has 1 aromatic rings. The molecular formula is C21H23N2O4S-. The minimum Gasteiger partial charge on any atom is -0.574 e. The minimum absolute atomic E-state index is 0.0851. The van der Waals surface area contributed by atoms with Gasteiger partial charge in [0, 0.05) is 5.92 Å². The summed E-state index contributed by atoms with van der Waals surface area (Å²) in [7, 11) is 0. The summed E-state index contributed by atoms with van der Waals surface area (Å²) in [5.41, 5.74) is 7.23. The van der Waals surface area contributed by atoms with Crippen LogP contribution in [0.1, 0.15) is 56.1 Å². The van der Waals surface area contributed by atoms with Gasteiger partial charge in [0.1, 0.15) is 5.92 Å². The molecule has 2 aliphatic rings. The van der Waals surface area contributed by atoms with E-state index in [9.17, 15) is 15.2 Å². The van der Waals surface area contributed by atoms with Gasteiger partial charge in [-0.3, -0.25) is 0 Å². The molecule has 148 valence electrons. The van der Waals surface area contributed by atoms with E-state index in [0.717, 1.165) is 31.2 Å². The maximum Gasteiger partial charge on any atom is 0.337 e. The number of rotatable bonds is 5. The van der Waals surface area contributed by atoms with E-state index in [2.05, 4.69) is 0 Å². The lowest BCUT2D eigenvalue weighted by molar-refractivity contribution is -0.402. The van der Waals surface area contributed by atoms with E-state index in [1.54, 1.807) is 12.1 Å². The standard InChI is InChI=1S/C21H24N2O4S/c1-2-13-6-8-14(9-7-13)16(15(12-22)18(23)28)17-19(24)26-21(27-20(17)25)10-4-3-5-11-21/h6-9,15-16,24H,2-5,10-11H2,1H3,(H2,23,28)/p-1. The van der Waals surface area contributed by atoms with Gasteiger partial charge in [-0.1, -0.05) is 49.8 Å². The number of nitriles is 1. The second kappa shape index (κ2) is 8.19. The third-order valence-electron chi connectivity index (χ3n) is 5.45. The third-order valence-corrected chi connectivity index (χ3v) is 5.70. The fourth-order valence-corrected chi connectivity index (χ4v) is 4.08. The number of benzene rings is 1. The van der Waals surface area contributed by atoms with E-state index < -0.39 is 29.5 Å². The molecule has 1 heterocycles. The molecule has 6 nitrogen and oxygen atoms in total. The summed E-state index contributed by atoms with van der Waals surface area (Å²) >= 11 is 5.04. The topological polar surface area (TPSA) is 108 Å². The number of hydrogen-bond acceptors (Lipinski definition) is 6. The smallest absolute Gasteiger partial charge is 0.337 e. The molecule has 0 radical (unpaired) electrons. The van der Waals surface area contributed by atoms with Crippen molar-refractivity contribution in [2.75, 3.05) is 0 Å². The molecule has 7 heteroatoms. The van der Waals surface area contributed by atoms with Crippen molar-refractivity contribution >= 4 is 23.2 Å². The molecule has 28 heavy (non-hydrogen) atoms. The quantitative estimate of drug-likeness (QED) is 0.599. The zero-order valence-corrected chi connectivity index (χ0v) is 16.6. The highest BCUT2D eigenvalue weighted by atomic mass is 32.1. The number of carbonyl (C=O) groups excluding carboxylic acids is 1. The molecule has 3 rings (SSSR count). The van der Waals surface area contributed by atoms with Crippen molar-refractivity contribution in [3.8, 4) is 6.07 Å². The SMILES string of the molecule is CCc1ccc(C(C2=C([O-])OC3(CCCCC3)OC2=O)C(C#N)C(N)=S)cc1. The van der Waals surface area contributed by atoms with Crippen LogP contribution in [0, 0.1) is 17.2 Å². The van der Waals surface area contributed by atoms with Crippen LogP contribution in [0.15, 0.2) is 35.8 Å². The lowest BCUT2D eigenvalue weighted by atomic mass is 9.80. The van der Waals surface area contributed by atoms with Crippen LogP contribution < -0.4 is 10.8 Å². The fourth-order valence-electron chi connectivity index (χ4n) is 3.89. The molecule has 0 saturated heterocycles. The van der Waals surface area contributed by atoms with Gasteiger partial charge in [-0.05, 0) is 43.2 Å². The molecule has 1 spiro atoms. The van der Waals surface area contributed by atoms with Crippen LogP contribution in [0.2, 0.25) is 0 Å². The Bertz CT molecular complexity index is 835. The van der Waals surface area contributed by atoms with Gasteiger partial charge in [0.15, 0.2) is 5.79 Å². The number of ether oxygens (including phenoxy) is 2.